The topological polar surface area (TPSA) is 0 Å². The van der Waals surface area contributed by atoms with E-state index in [-0.39, 0.29) is 0 Å². The molecule has 0 aliphatic carbocycles. The third-order valence-corrected chi connectivity index (χ3v) is 8.24. The van der Waals surface area contributed by atoms with Crippen molar-refractivity contribution >= 4 is 65.7 Å². The minimum absolute atomic E-state index is 1.28. The zero-order valence-corrected chi connectivity index (χ0v) is 21.2. The molecule has 0 aliphatic rings. The van der Waals surface area contributed by atoms with Gasteiger partial charge in [-0.25, -0.2) is 0 Å². The first-order valence-corrected chi connectivity index (χ1v) is 13.0. The summed E-state index contributed by atoms with van der Waals surface area (Å²) in [5.74, 6) is 0. The lowest BCUT2D eigenvalue weighted by atomic mass is 9.88. The predicted molar refractivity (Wildman–Crippen MR) is 160 cm³/mol. The molecule has 0 bridgehead atoms. The van der Waals surface area contributed by atoms with Gasteiger partial charge in [0.1, 0.15) is 0 Å². The summed E-state index contributed by atoms with van der Waals surface area (Å²) in [5, 5.41) is 10.3. The molecule has 0 nitrogen and oxygen atoms in total. The van der Waals surface area contributed by atoms with E-state index >= 15 is 0 Å². The Bertz CT molecular complexity index is 1670. The van der Waals surface area contributed by atoms with Crippen molar-refractivity contribution in [2.45, 2.75) is 0 Å². The Balaban J connectivity index is 1.62. The van der Waals surface area contributed by atoms with Gasteiger partial charge in [-0.15, -0.1) is 0 Å². The van der Waals surface area contributed by atoms with Gasteiger partial charge >= 0.3 is 0 Å². The highest BCUT2D eigenvalue weighted by atomic mass is 127. The Morgan fingerprint density at radius 1 is 0.343 bits per heavy atom. The summed E-state index contributed by atoms with van der Waals surface area (Å²) in [4.78, 5) is 0. The number of hydrogen-bond acceptors (Lipinski definition) is 0. The second-order valence-corrected chi connectivity index (χ2v) is 10.1. The molecule has 0 unspecified atom stereocenters. The van der Waals surface area contributed by atoms with E-state index in [1.807, 2.05) is 0 Å². The molecule has 35 heavy (non-hydrogen) atoms. The van der Waals surface area contributed by atoms with E-state index in [1.165, 1.54) is 68.9 Å². The molecule has 7 aromatic carbocycles. The van der Waals surface area contributed by atoms with Gasteiger partial charge in [0.25, 0.3) is 0 Å². The van der Waals surface area contributed by atoms with Crippen LogP contribution in [0.4, 0.5) is 0 Å². The fourth-order valence-electron chi connectivity index (χ4n) is 5.53. The van der Waals surface area contributed by atoms with Gasteiger partial charge in [-0.2, -0.15) is 0 Å². The molecular weight excluding hydrogens is 535 g/mol. The van der Waals surface area contributed by atoms with Crippen LogP contribution in [0.2, 0.25) is 0 Å². The molecule has 0 fully saturated rings. The van der Waals surface area contributed by atoms with Gasteiger partial charge < -0.3 is 0 Å². The van der Waals surface area contributed by atoms with Crippen molar-refractivity contribution in [2.75, 3.05) is 0 Å². The molecule has 0 saturated carbocycles. The van der Waals surface area contributed by atoms with Crippen LogP contribution in [0.15, 0.2) is 127 Å². The molecule has 0 heterocycles. The zero-order chi connectivity index (χ0) is 23.4. The quantitative estimate of drug-likeness (QED) is 0.147. The Morgan fingerprint density at radius 2 is 0.657 bits per heavy atom. The van der Waals surface area contributed by atoms with Crippen molar-refractivity contribution in [1.29, 1.82) is 0 Å². The van der Waals surface area contributed by atoms with Gasteiger partial charge in [0.2, 0.25) is 0 Å². The van der Waals surface area contributed by atoms with Crippen LogP contribution in [0.5, 0.6) is 0 Å². The molecule has 0 atom stereocenters. The lowest BCUT2D eigenvalue weighted by Crippen LogP contribution is -1.93. The maximum absolute atomic E-state index is 2.58. The van der Waals surface area contributed by atoms with E-state index in [0.717, 1.165) is 0 Å². The van der Waals surface area contributed by atoms with Crippen LogP contribution >= 0.6 is 22.6 Å². The molecule has 0 radical (unpaired) electrons. The monoisotopic (exact) mass is 556 g/mol. The second-order valence-electron chi connectivity index (χ2n) is 9.05. The lowest BCUT2D eigenvalue weighted by Gasteiger charge is -2.18. The number of fused-ring (bicyclic) bond motifs is 4. The average Bonchev–Trinajstić information content (AvgIpc) is 2.91. The molecule has 0 N–H and O–H groups in total. The van der Waals surface area contributed by atoms with Crippen molar-refractivity contribution in [3.63, 3.8) is 0 Å². The van der Waals surface area contributed by atoms with Gasteiger partial charge in [0.15, 0.2) is 0 Å². The Labute approximate surface area is 218 Å². The van der Waals surface area contributed by atoms with E-state index in [0.29, 0.717) is 0 Å². The molecule has 0 amide bonds. The Hall–Kier alpha value is -3.69. The van der Waals surface area contributed by atoms with E-state index in [9.17, 15) is 0 Å². The van der Waals surface area contributed by atoms with E-state index in [1.54, 1.807) is 0 Å². The highest BCUT2D eigenvalue weighted by Gasteiger charge is 2.18. The fraction of sp³-hybridized carbons (Fsp3) is 0. The highest BCUT2D eigenvalue weighted by molar-refractivity contribution is 14.1. The third-order valence-electron chi connectivity index (χ3n) is 7.08. The summed E-state index contributed by atoms with van der Waals surface area (Å²) in [6, 6.07) is 46.4. The fourth-order valence-corrected chi connectivity index (χ4v) is 6.42. The van der Waals surface area contributed by atoms with Crippen LogP contribution in [0, 0.1) is 3.57 Å². The molecule has 7 aromatic rings. The highest BCUT2D eigenvalue weighted by Crippen LogP contribution is 2.44. The summed E-state index contributed by atoms with van der Waals surface area (Å²) in [5.41, 5.74) is 5.20. The molecule has 0 aromatic heterocycles. The summed E-state index contributed by atoms with van der Waals surface area (Å²) in [7, 11) is 0. The van der Waals surface area contributed by atoms with Gasteiger partial charge in [0, 0.05) is 3.57 Å². The summed E-state index contributed by atoms with van der Waals surface area (Å²) < 4.78 is 1.29. The standard InChI is InChI=1S/C34H21I/c35-34-30(32-26-14-5-1-10-22(26)20-23-11-2-6-15-27(23)32)18-9-19-31(34)33-28-16-7-3-12-24(28)21-25-13-4-8-17-29(25)33/h1-21H. The average molecular weight is 556 g/mol. The van der Waals surface area contributed by atoms with Gasteiger partial charge in [0.05, 0.1) is 0 Å². The van der Waals surface area contributed by atoms with Crippen LogP contribution in [0.1, 0.15) is 0 Å². The van der Waals surface area contributed by atoms with E-state index < -0.39 is 0 Å². The number of rotatable bonds is 2. The van der Waals surface area contributed by atoms with Crippen LogP contribution < -0.4 is 0 Å². The molecular formula is C34H21I. The van der Waals surface area contributed by atoms with Crippen molar-refractivity contribution in [3.8, 4) is 22.3 Å². The summed E-state index contributed by atoms with van der Waals surface area (Å²) in [6.07, 6.45) is 0. The maximum Gasteiger partial charge on any atom is 0.0288 e. The van der Waals surface area contributed by atoms with Crippen LogP contribution in [-0.2, 0) is 0 Å². The normalized spacial score (nSPS) is 11.6. The SMILES string of the molecule is Ic1c(-c2c3ccccc3cc3ccccc23)cccc1-c1c2ccccc2cc2ccccc12. The maximum atomic E-state index is 2.58. The molecule has 0 spiro atoms. The van der Waals surface area contributed by atoms with Crippen LogP contribution in [-0.4, -0.2) is 0 Å². The van der Waals surface area contributed by atoms with Crippen LogP contribution in [0.3, 0.4) is 0 Å². The zero-order valence-electron chi connectivity index (χ0n) is 19.0. The molecule has 1 heteroatoms. The van der Waals surface area contributed by atoms with E-state index in [4.69, 9.17) is 0 Å². The van der Waals surface area contributed by atoms with Gasteiger partial charge in [-0.05, 0) is 100 Å². The van der Waals surface area contributed by atoms with Crippen molar-refractivity contribution in [2.24, 2.45) is 0 Å². The molecule has 0 saturated heterocycles. The minimum atomic E-state index is 1.28. The van der Waals surface area contributed by atoms with Gasteiger partial charge in [-0.1, -0.05) is 115 Å². The number of halogens is 1. The van der Waals surface area contributed by atoms with Crippen molar-refractivity contribution in [1.82, 2.24) is 0 Å². The van der Waals surface area contributed by atoms with E-state index in [2.05, 4.69) is 150 Å². The largest absolute Gasteiger partial charge is 0.0616 e. The number of benzene rings is 7. The Kier molecular flexibility index (Phi) is 4.85. The minimum Gasteiger partial charge on any atom is -0.0616 e. The smallest absolute Gasteiger partial charge is 0.0288 e. The third kappa shape index (κ3) is 3.26. The molecule has 7 rings (SSSR count). The van der Waals surface area contributed by atoms with Crippen molar-refractivity contribution in [3.05, 3.63) is 131 Å². The first-order valence-electron chi connectivity index (χ1n) is 11.9. The predicted octanol–water partition coefficient (Wildman–Crippen LogP) is 10.2. The molecule has 164 valence electrons. The lowest BCUT2D eigenvalue weighted by molar-refractivity contribution is 1.61. The Morgan fingerprint density at radius 3 is 1.00 bits per heavy atom. The second kappa shape index (κ2) is 8.21. The van der Waals surface area contributed by atoms with Gasteiger partial charge in [-0.3, -0.25) is 0 Å². The van der Waals surface area contributed by atoms with Crippen LogP contribution in [0.25, 0.3) is 65.3 Å². The summed E-state index contributed by atoms with van der Waals surface area (Å²) in [6.45, 7) is 0. The summed E-state index contributed by atoms with van der Waals surface area (Å²) >= 11 is 2.58. The first kappa shape index (κ1) is 20.7. The first-order chi connectivity index (χ1) is 17.3. The number of hydrogen-bond donors (Lipinski definition) is 0. The van der Waals surface area contributed by atoms with Crippen molar-refractivity contribution < 1.29 is 0 Å². The molecule has 0 aliphatic heterocycles.